The van der Waals surface area contributed by atoms with Crippen LogP contribution in [-0.4, -0.2) is 43.3 Å². The normalized spacial score (nSPS) is 12.3. The van der Waals surface area contributed by atoms with Gasteiger partial charge in [-0.1, -0.05) is 102 Å². The Morgan fingerprint density at radius 3 is 1.93 bits per heavy atom. The molecule has 2 amide bonds. The molecule has 0 fully saturated rings. The maximum absolute atomic E-state index is 14.5. The lowest BCUT2D eigenvalue weighted by Gasteiger charge is -2.35. The number of carbonyl (C=O) groups excluding carboxylic acids is 2. The Balaban J connectivity index is 1.84. The summed E-state index contributed by atoms with van der Waals surface area (Å²) >= 11 is 19.1. The van der Waals surface area contributed by atoms with Crippen LogP contribution in [0.15, 0.2) is 108 Å². The quantitative estimate of drug-likeness (QED) is 0.178. The van der Waals surface area contributed by atoms with Crippen LogP contribution in [0.4, 0.5) is 5.69 Å². The van der Waals surface area contributed by atoms with E-state index in [9.17, 15) is 18.0 Å². The average Bonchev–Trinajstić information content (AvgIpc) is 2.98. The van der Waals surface area contributed by atoms with Crippen molar-refractivity contribution in [2.24, 2.45) is 0 Å². The highest BCUT2D eigenvalue weighted by molar-refractivity contribution is 7.92. The van der Waals surface area contributed by atoms with Crippen LogP contribution >= 0.6 is 34.8 Å². The van der Waals surface area contributed by atoms with Crippen molar-refractivity contribution in [1.82, 2.24) is 10.2 Å². The number of hydrogen-bond acceptors (Lipinski definition) is 4. The SMILES string of the molecule is CC(C)(C)NC(=O)[C@@H](Cc1ccccc1)N(Cc1ccccc1Cl)C(=O)CN(c1cc(Cl)cc(Cl)c1)S(=O)(=O)c1ccccc1. The van der Waals surface area contributed by atoms with Crippen LogP contribution in [0.5, 0.6) is 0 Å². The lowest BCUT2D eigenvalue weighted by molar-refractivity contribution is -0.140. The summed E-state index contributed by atoms with van der Waals surface area (Å²) in [5.74, 6) is -1.02. The first-order chi connectivity index (χ1) is 21.2. The van der Waals surface area contributed by atoms with Gasteiger partial charge in [-0.05, 0) is 68.3 Å². The van der Waals surface area contributed by atoms with Gasteiger partial charge in [0.25, 0.3) is 10.0 Å². The zero-order chi connectivity index (χ0) is 32.8. The monoisotopic (exact) mass is 685 g/mol. The van der Waals surface area contributed by atoms with E-state index in [1.807, 2.05) is 51.1 Å². The molecule has 0 heterocycles. The molecule has 0 bridgehead atoms. The highest BCUT2D eigenvalue weighted by Gasteiger charge is 2.36. The summed E-state index contributed by atoms with van der Waals surface area (Å²) in [5.41, 5.74) is 0.906. The third-order valence-corrected chi connectivity index (χ3v) is 9.41. The maximum atomic E-state index is 14.5. The van der Waals surface area contributed by atoms with E-state index in [1.54, 1.807) is 42.5 Å². The van der Waals surface area contributed by atoms with E-state index in [0.29, 0.717) is 10.6 Å². The minimum atomic E-state index is -4.29. The number of sulfonamides is 1. The van der Waals surface area contributed by atoms with E-state index in [-0.39, 0.29) is 33.6 Å². The second-order valence-corrected chi connectivity index (χ2v) is 14.7. The Bertz CT molecular complexity index is 1730. The first kappa shape index (κ1) is 34.3. The third kappa shape index (κ3) is 9.23. The molecule has 0 aromatic heterocycles. The number of amides is 2. The number of carbonyl (C=O) groups is 2. The highest BCUT2D eigenvalue weighted by atomic mass is 35.5. The van der Waals surface area contributed by atoms with Gasteiger partial charge in [0.05, 0.1) is 10.6 Å². The van der Waals surface area contributed by atoms with E-state index in [2.05, 4.69) is 5.32 Å². The van der Waals surface area contributed by atoms with Gasteiger partial charge in [-0.25, -0.2) is 8.42 Å². The number of hydrogen-bond donors (Lipinski definition) is 1. The molecule has 4 rings (SSSR count). The average molecular weight is 687 g/mol. The van der Waals surface area contributed by atoms with Crippen LogP contribution < -0.4 is 9.62 Å². The Hall–Kier alpha value is -3.56. The van der Waals surface area contributed by atoms with E-state index in [0.717, 1.165) is 9.87 Å². The first-order valence-corrected chi connectivity index (χ1v) is 16.7. The van der Waals surface area contributed by atoms with Crippen LogP contribution in [0.3, 0.4) is 0 Å². The fourth-order valence-electron chi connectivity index (χ4n) is 4.75. The molecule has 0 radical (unpaired) electrons. The van der Waals surface area contributed by atoms with Gasteiger partial charge in [-0.15, -0.1) is 0 Å². The molecule has 4 aromatic rings. The molecule has 0 aliphatic rings. The van der Waals surface area contributed by atoms with Gasteiger partial charge in [0.1, 0.15) is 12.6 Å². The highest BCUT2D eigenvalue weighted by Crippen LogP contribution is 2.30. The molecule has 45 heavy (non-hydrogen) atoms. The summed E-state index contributed by atoms with van der Waals surface area (Å²) < 4.78 is 29.1. The van der Waals surface area contributed by atoms with Crippen LogP contribution in [0, 0.1) is 0 Å². The van der Waals surface area contributed by atoms with Crippen LogP contribution in [-0.2, 0) is 32.6 Å². The van der Waals surface area contributed by atoms with Gasteiger partial charge in [0.15, 0.2) is 0 Å². The van der Waals surface area contributed by atoms with E-state index in [1.165, 1.54) is 35.2 Å². The van der Waals surface area contributed by atoms with Crippen molar-refractivity contribution < 1.29 is 18.0 Å². The van der Waals surface area contributed by atoms with Crippen molar-refractivity contribution in [1.29, 1.82) is 0 Å². The summed E-state index contributed by atoms with van der Waals surface area (Å²) in [6.45, 7) is 4.85. The largest absolute Gasteiger partial charge is 0.350 e. The summed E-state index contributed by atoms with van der Waals surface area (Å²) in [7, 11) is -4.29. The summed E-state index contributed by atoms with van der Waals surface area (Å²) in [4.78, 5) is 29.8. The summed E-state index contributed by atoms with van der Waals surface area (Å²) in [6, 6.07) is 27.4. The third-order valence-electron chi connectivity index (χ3n) is 6.81. The zero-order valence-electron chi connectivity index (χ0n) is 25.1. The smallest absolute Gasteiger partial charge is 0.264 e. The van der Waals surface area contributed by atoms with Crippen LogP contribution in [0.1, 0.15) is 31.9 Å². The van der Waals surface area contributed by atoms with Crippen LogP contribution in [0.25, 0.3) is 0 Å². The second-order valence-electron chi connectivity index (χ2n) is 11.5. The topological polar surface area (TPSA) is 86.8 Å². The fourth-order valence-corrected chi connectivity index (χ4v) is 6.88. The molecule has 1 atom stereocenters. The van der Waals surface area contributed by atoms with Gasteiger partial charge in [0.2, 0.25) is 11.8 Å². The van der Waals surface area contributed by atoms with Crippen molar-refractivity contribution in [2.75, 3.05) is 10.8 Å². The minimum Gasteiger partial charge on any atom is -0.350 e. The predicted octanol–water partition coefficient (Wildman–Crippen LogP) is 7.40. The Morgan fingerprint density at radius 2 is 1.36 bits per heavy atom. The number of halogens is 3. The van der Waals surface area contributed by atoms with Crippen molar-refractivity contribution in [3.8, 4) is 0 Å². The molecule has 0 saturated carbocycles. The molecule has 11 heteroatoms. The zero-order valence-corrected chi connectivity index (χ0v) is 28.2. The van der Waals surface area contributed by atoms with E-state index >= 15 is 0 Å². The first-order valence-electron chi connectivity index (χ1n) is 14.2. The number of nitrogens with zero attached hydrogens (tertiary/aromatic N) is 2. The molecule has 0 unspecified atom stereocenters. The standard InChI is InChI=1S/C34H34Cl3N3O4S/c1-34(2,3)38-33(42)31(18-24-12-6-4-7-13-24)39(22-25-14-10-11-17-30(25)37)32(41)23-40(28-20-26(35)19-27(36)21-28)45(43,44)29-15-8-5-9-16-29/h4-17,19-21,31H,18,22-23H2,1-3H3,(H,38,42)/t31-/m1/s1. The van der Waals surface area contributed by atoms with Gasteiger partial charge >= 0.3 is 0 Å². The van der Waals surface area contributed by atoms with Crippen molar-refractivity contribution in [2.45, 2.75) is 50.2 Å². The maximum Gasteiger partial charge on any atom is 0.264 e. The number of rotatable bonds is 11. The van der Waals surface area contributed by atoms with Crippen molar-refractivity contribution in [3.05, 3.63) is 129 Å². The van der Waals surface area contributed by atoms with Crippen LogP contribution in [0.2, 0.25) is 15.1 Å². The van der Waals surface area contributed by atoms with Gasteiger partial charge in [-0.3, -0.25) is 13.9 Å². The van der Waals surface area contributed by atoms with Gasteiger partial charge in [-0.2, -0.15) is 0 Å². The minimum absolute atomic E-state index is 0.0298. The Morgan fingerprint density at radius 1 is 0.800 bits per heavy atom. The molecular weight excluding hydrogens is 653 g/mol. The second kappa shape index (κ2) is 14.7. The molecule has 236 valence electrons. The van der Waals surface area contributed by atoms with Gasteiger partial charge < -0.3 is 10.2 Å². The molecule has 0 saturated heterocycles. The van der Waals surface area contributed by atoms with E-state index in [4.69, 9.17) is 34.8 Å². The summed E-state index contributed by atoms with van der Waals surface area (Å²) in [5, 5.41) is 3.79. The van der Waals surface area contributed by atoms with Gasteiger partial charge in [0, 0.05) is 33.6 Å². The fraction of sp³-hybridized carbons (Fsp3) is 0.235. The number of nitrogens with one attached hydrogen (secondary N) is 1. The Labute approximate surface area is 279 Å². The molecular formula is C34H34Cl3N3O4S. The molecule has 4 aromatic carbocycles. The lowest BCUT2D eigenvalue weighted by atomic mass is 10.0. The van der Waals surface area contributed by atoms with E-state index < -0.39 is 40.0 Å². The van der Waals surface area contributed by atoms with Crippen molar-refractivity contribution >= 4 is 62.3 Å². The Kier molecular flexibility index (Phi) is 11.2. The predicted molar refractivity (Wildman–Crippen MR) is 181 cm³/mol. The molecule has 0 aliphatic carbocycles. The molecule has 0 aliphatic heterocycles. The van der Waals surface area contributed by atoms with Crippen molar-refractivity contribution in [3.63, 3.8) is 0 Å². The number of anilines is 1. The number of benzene rings is 4. The summed E-state index contributed by atoms with van der Waals surface area (Å²) in [6.07, 6.45) is 0.174. The lowest BCUT2D eigenvalue weighted by Crippen LogP contribution is -2.56. The molecule has 1 N–H and O–H groups in total. The molecule has 7 nitrogen and oxygen atoms in total. The molecule has 0 spiro atoms.